The van der Waals surface area contributed by atoms with Crippen LogP contribution in [0.15, 0.2) is 18.3 Å². The molecule has 0 fully saturated rings. The molecule has 2 N–H and O–H groups in total. The molecule has 0 aliphatic heterocycles. The van der Waals surface area contributed by atoms with Crippen LogP contribution in [-0.2, 0) is 11.2 Å². The molecule has 0 saturated heterocycles. The fourth-order valence-corrected chi connectivity index (χ4v) is 2.03. The molecule has 4 heteroatoms. The number of H-pyrrole nitrogens is 1. The highest BCUT2D eigenvalue weighted by Gasteiger charge is 2.09. The van der Waals surface area contributed by atoms with Crippen LogP contribution >= 0.6 is 0 Å². The summed E-state index contributed by atoms with van der Waals surface area (Å²) in [5.41, 5.74) is 2.62. The van der Waals surface area contributed by atoms with Crippen molar-refractivity contribution in [3.8, 4) is 0 Å². The van der Waals surface area contributed by atoms with Crippen LogP contribution in [-0.4, -0.2) is 17.4 Å². The third kappa shape index (κ3) is 2.30. The highest BCUT2D eigenvalue weighted by Crippen LogP contribution is 2.24. The minimum absolute atomic E-state index is 0.0484. The Morgan fingerprint density at radius 2 is 2.24 bits per heavy atom. The molecule has 2 aromatic rings. The number of rotatable bonds is 3. The number of halogens is 1. The number of aryl methyl sites for hydroxylation is 1. The first-order chi connectivity index (χ1) is 8.09. The monoisotopic (exact) mass is 234 g/mol. The van der Waals surface area contributed by atoms with Crippen molar-refractivity contribution in [2.45, 2.75) is 20.3 Å². The molecular weight excluding hydrogens is 219 g/mol. The highest BCUT2D eigenvalue weighted by molar-refractivity contribution is 5.86. The second-order valence-electron chi connectivity index (χ2n) is 4.14. The molecule has 2 rings (SSSR count). The van der Waals surface area contributed by atoms with Gasteiger partial charge in [0.05, 0.1) is 0 Å². The summed E-state index contributed by atoms with van der Waals surface area (Å²) in [5.74, 6) is -0.245. The maximum absolute atomic E-state index is 13.5. The average Bonchev–Trinajstić information content (AvgIpc) is 2.67. The van der Waals surface area contributed by atoms with Gasteiger partial charge < -0.3 is 10.3 Å². The van der Waals surface area contributed by atoms with Gasteiger partial charge in [0.25, 0.3) is 0 Å². The number of aromatic amines is 1. The van der Waals surface area contributed by atoms with Gasteiger partial charge in [0.2, 0.25) is 5.91 Å². The summed E-state index contributed by atoms with van der Waals surface area (Å²) in [6.45, 7) is 3.83. The van der Waals surface area contributed by atoms with Gasteiger partial charge in [-0.2, -0.15) is 0 Å². The molecule has 0 bridgehead atoms. The van der Waals surface area contributed by atoms with E-state index in [1.165, 1.54) is 13.0 Å². The molecule has 0 saturated carbocycles. The number of nitrogens with one attached hydrogen (secondary N) is 2. The Morgan fingerprint density at radius 3 is 2.94 bits per heavy atom. The Labute approximate surface area is 99.0 Å². The van der Waals surface area contributed by atoms with Gasteiger partial charge in [-0.1, -0.05) is 0 Å². The van der Waals surface area contributed by atoms with Crippen LogP contribution in [0.3, 0.4) is 0 Å². The van der Waals surface area contributed by atoms with Crippen molar-refractivity contribution in [1.82, 2.24) is 10.3 Å². The lowest BCUT2D eigenvalue weighted by atomic mass is 10.0. The number of carbonyl (C=O) groups is 1. The molecule has 1 heterocycles. The lowest BCUT2D eigenvalue weighted by Gasteiger charge is -2.04. The van der Waals surface area contributed by atoms with Crippen LogP contribution in [0.1, 0.15) is 18.1 Å². The highest BCUT2D eigenvalue weighted by atomic mass is 19.1. The van der Waals surface area contributed by atoms with Gasteiger partial charge in [0.15, 0.2) is 0 Å². The van der Waals surface area contributed by atoms with Crippen LogP contribution in [0.4, 0.5) is 4.39 Å². The Morgan fingerprint density at radius 1 is 1.47 bits per heavy atom. The number of carbonyl (C=O) groups excluding carboxylic acids is 1. The van der Waals surface area contributed by atoms with E-state index in [9.17, 15) is 9.18 Å². The molecule has 0 aliphatic carbocycles. The number of fused-ring (bicyclic) bond motifs is 1. The number of hydrogen-bond donors (Lipinski definition) is 2. The van der Waals surface area contributed by atoms with Crippen molar-refractivity contribution in [3.63, 3.8) is 0 Å². The van der Waals surface area contributed by atoms with Crippen molar-refractivity contribution in [2.24, 2.45) is 0 Å². The molecule has 0 unspecified atom stereocenters. The summed E-state index contributed by atoms with van der Waals surface area (Å²) in [4.78, 5) is 13.9. The van der Waals surface area contributed by atoms with E-state index in [0.29, 0.717) is 18.5 Å². The molecule has 0 aliphatic rings. The van der Waals surface area contributed by atoms with Crippen LogP contribution in [0, 0.1) is 12.7 Å². The molecule has 0 spiro atoms. The quantitative estimate of drug-likeness (QED) is 0.841. The van der Waals surface area contributed by atoms with Gasteiger partial charge in [-0.05, 0) is 36.6 Å². The third-order valence-electron chi connectivity index (χ3n) is 2.89. The number of hydrogen-bond acceptors (Lipinski definition) is 1. The van der Waals surface area contributed by atoms with Crippen LogP contribution in [0.5, 0.6) is 0 Å². The molecule has 1 aromatic carbocycles. The maximum atomic E-state index is 13.5. The normalized spacial score (nSPS) is 10.8. The molecular formula is C13H15FN2O. The molecule has 0 atom stereocenters. The van der Waals surface area contributed by atoms with E-state index in [0.717, 1.165) is 16.5 Å². The fourth-order valence-electron chi connectivity index (χ4n) is 2.03. The Bertz CT molecular complexity index is 560. The number of amides is 1. The SMILES string of the molecule is CC(=O)NCCc1c[nH]c2ccc(F)c(C)c12. The molecule has 0 radical (unpaired) electrons. The second kappa shape index (κ2) is 4.57. The molecule has 1 amide bonds. The van der Waals surface area contributed by atoms with Crippen LogP contribution in [0.2, 0.25) is 0 Å². The van der Waals surface area contributed by atoms with Crippen molar-refractivity contribution < 1.29 is 9.18 Å². The van der Waals surface area contributed by atoms with E-state index in [1.54, 1.807) is 13.0 Å². The largest absolute Gasteiger partial charge is 0.361 e. The summed E-state index contributed by atoms with van der Waals surface area (Å²) in [6.07, 6.45) is 2.57. The van der Waals surface area contributed by atoms with Gasteiger partial charge in [-0.3, -0.25) is 4.79 Å². The zero-order chi connectivity index (χ0) is 12.4. The van der Waals surface area contributed by atoms with Crippen molar-refractivity contribution in [3.05, 3.63) is 35.3 Å². The zero-order valence-corrected chi connectivity index (χ0v) is 9.93. The van der Waals surface area contributed by atoms with Gasteiger partial charge in [0, 0.05) is 30.6 Å². The Hall–Kier alpha value is -1.84. The average molecular weight is 234 g/mol. The van der Waals surface area contributed by atoms with Gasteiger partial charge in [-0.25, -0.2) is 4.39 Å². The molecule has 1 aromatic heterocycles. The molecule has 90 valence electrons. The van der Waals surface area contributed by atoms with Crippen LogP contribution in [0.25, 0.3) is 10.9 Å². The lowest BCUT2D eigenvalue weighted by molar-refractivity contribution is -0.118. The van der Waals surface area contributed by atoms with Crippen molar-refractivity contribution in [2.75, 3.05) is 6.54 Å². The van der Waals surface area contributed by atoms with Gasteiger partial charge >= 0.3 is 0 Å². The fraction of sp³-hybridized carbons (Fsp3) is 0.308. The van der Waals surface area contributed by atoms with E-state index in [2.05, 4.69) is 10.3 Å². The second-order valence-corrected chi connectivity index (χ2v) is 4.14. The smallest absolute Gasteiger partial charge is 0.216 e. The van der Waals surface area contributed by atoms with E-state index in [4.69, 9.17) is 0 Å². The number of aromatic nitrogens is 1. The Kier molecular flexibility index (Phi) is 3.13. The standard InChI is InChI=1S/C13H15FN2O/c1-8-11(14)3-4-12-13(8)10(7-16-12)5-6-15-9(2)17/h3-4,7,16H,5-6H2,1-2H3,(H,15,17). The van der Waals surface area contributed by atoms with Crippen LogP contribution < -0.4 is 5.32 Å². The minimum atomic E-state index is -0.196. The first kappa shape index (κ1) is 11.6. The number of benzene rings is 1. The summed E-state index contributed by atoms with van der Waals surface area (Å²) in [5, 5.41) is 3.66. The topological polar surface area (TPSA) is 44.9 Å². The summed E-state index contributed by atoms with van der Waals surface area (Å²) >= 11 is 0. The predicted molar refractivity (Wildman–Crippen MR) is 65.4 cm³/mol. The summed E-state index contributed by atoms with van der Waals surface area (Å²) in [7, 11) is 0. The zero-order valence-electron chi connectivity index (χ0n) is 9.93. The van der Waals surface area contributed by atoms with E-state index in [-0.39, 0.29) is 11.7 Å². The van der Waals surface area contributed by atoms with E-state index < -0.39 is 0 Å². The van der Waals surface area contributed by atoms with E-state index >= 15 is 0 Å². The predicted octanol–water partition coefficient (Wildman–Crippen LogP) is 2.29. The lowest BCUT2D eigenvalue weighted by Crippen LogP contribution is -2.22. The minimum Gasteiger partial charge on any atom is -0.361 e. The van der Waals surface area contributed by atoms with Crippen molar-refractivity contribution >= 4 is 16.8 Å². The first-order valence-electron chi connectivity index (χ1n) is 5.59. The summed E-state index contributed by atoms with van der Waals surface area (Å²) in [6, 6.07) is 3.20. The van der Waals surface area contributed by atoms with Gasteiger partial charge in [-0.15, -0.1) is 0 Å². The molecule has 17 heavy (non-hydrogen) atoms. The summed E-state index contributed by atoms with van der Waals surface area (Å²) < 4.78 is 13.5. The maximum Gasteiger partial charge on any atom is 0.216 e. The van der Waals surface area contributed by atoms with E-state index in [1.807, 2.05) is 6.20 Å². The van der Waals surface area contributed by atoms with Crippen molar-refractivity contribution in [1.29, 1.82) is 0 Å². The molecule has 3 nitrogen and oxygen atoms in total. The van der Waals surface area contributed by atoms with Gasteiger partial charge in [0.1, 0.15) is 5.82 Å². The third-order valence-corrected chi connectivity index (χ3v) is 2.89. The first-order valence-corrected chi connectivity index (χ1v) is 5.59. The Balaban J connectivity index is 2.28.